The molecule has 106 valence electrons. The fraction of sp³-hybridized carbons (Fsp3) is 0.333. The van der Waals surface area contributed by atoms with Crippen LogP contribution < -0.4 is 16.0 Å². The highest BCUT2D eigenvalue weighted by atomic mass is 127. The van der Waals surface area contributed by atoms with E-state index in [-0.39, 0.29) is 29.9 Å². The van der Waals surface area contributed by atoms with Crippen LogP contribution in [-0.2, 0) is 0 Å². The number of hydrogen-bond acceptors (Lipinski definition) is 2. The number of nitrogens with one attached hydrogen (secondary N) is 3. The predicted molar refractivity (Wildman–Crippen MR) is 92.3 cm³/mol. The monoisotopic (exact) mass is 440 g/mol. The van der Waals surface area contributed by atoms with Gasteiger partial charge in [0.25, 0.3) is 5.91 Å². The van der Waals surface area contributed by atoms with E-state index >= 15 is 0 Å². The maximum atomic E-state index is 11.8. The Labute approximate surface area is 138 Å². The van der Waals surface area contributed by atoms with Crippen LogP contribution in [0.25, 0.3) is 0 Å². The van der Waals surface area contributed by atoms with Crippen molar-refractivity contribution in [1.29, 1.82) is 0 Å². The Hall–Kier alpha value is -0.830. The average Bonchev–Trinajstić information content (AvgIpc) is 2.38. The Morgan fingerprint density at radius 3 is 2.58 bits per heavy atom. The van der Waals surface area contributed by atoms with Gasteiger partial charge in [-0.2, -0.15) is 0 Å². The smallest absolute Gasteiger partial charge is 0.251 e. The van der Waals surface area contributed by atoms with Gasteiger partial charge < -0.3 is 16.0 Å². The van der Waals surface area contributed by atoms with Crippen LogP contribution in [0.1, 0.15) is 10.4 Å². The lowest BCUT2D eigenvalue weighted by Gasteiger charge is -2.09. The summed E-state index contributed by atoms with van der Waals surface area (Å²) in [4.78, 5) is 15.7. The quantitative estimate of drug-likeness (QED) is 0.288. The third-order valence-corrected chi connectivity index (χ3v) is 2.74. The summed E-state index contributed by atoms with van der Waals surface area (Å²) in [5.41, 5.74) is 0.641. The molecule has 1 aromatic carbocycles. The lowest BCUT2D eigenvalue weighted by atomic mass is 10.2. The van der Waals surface area contributed by atoms with Crippen LogP contribution in [0.15, 0.2) is 33.7 Å². The molecule has 0 saturated carbocycles. The molecule has 3 N–H and O–H groups in total. The summed E-state index contributed by atoms with van der Waals surface area (Å²) >= 11 is 3.33. The highest BCUT2D eigenvalue weighted by Gasteiger charge is 2.04. The van der Waals surface area contributed by atoms with Crippen molar-refractivity contribution in [3.8, 4) is 0 Å². The molecule has 0 aliphatic heterocycles. The minimum absolute atomic E-state index is 0. The molecule has 0 atom stereocenters. The summed E-state index contributed by atoms with van der Waals surface area (Å²) in [5.74, 6) is 0.615. The van der Waals surface area contributed by atoms with Gasteiger partial charge in [0, 0.05) is 37.2 Å². The number of carbonyl (C=O) groups excluding carboxylic acids is 1. The fourth-order valence-corrected chi connectivity index (χ4v) is 1.77. The van der Waals surface area contributed by atoms with Gasteiger partial charge in [0.05, 0.1) is 0 Å². The Kier molecular flexibility index (Phi) is 9.58. The topological polar surface area (TPSA) is 65.5 Å². The molecule has 0 aromatic heterocycles. The molecule has 0 bridgehead atoms. The van der Waals surface area contributed by atoms with E-state index in [0.29, 0.717) is 24.6 Å². The highest BCUT2D eigenvalue weighted by Crippen LogP contribution is 2.11. The zero-order chi connectivity index (χ0) is 13.4. The van der Waals surface area contributed by atoms with Crippen LogP contribution in [0.5, 0.6) is 0 Å². The third kappa shape index (κ3) is 6.76. The van der Waals surface area contributed by atoms with Gasteiger partial charge >= 0.3 is 0 Å². The predicted octanol–water partition coefficient (Wildman–Crippen LogP) is 1.59. The second-order valence-electron chi connectivity index (χ2n) is 3.52. The van der Waals surface area contributed by atoms with Gasteiger partial charge in [-0.15, -0.1) is 24.0 Å². The van der Waals surface area contributed by atoms with Crippen LogP contribution in [0.4, 0.5) is 0 Å². The van der Waals surface area contributed by atoms with Crippen LogP contribution in [0.2, 0.25) is 0 Å². The van der Waals surface area contributed by atoms with Crippen molar-refractivity contribution in [1.82, 2.24) is 16.0 Å². The zero-order valence-electron chi connectivity index (χ0n) is 10.9. The molecule has 0 saturated heterocycles. The second kappa shape index (κ2) is 10.0. The van der Waals surface area contributed by atoms with E-state index in [4.69, 9.17) is 0 Å². The lowest BCUT2D eigenvalue weighted by molar-refractivity contribution is 0.0954. The first kappa shape index (κ1) is 18.2. The van der Waals surface area contributed by atoms with E-state index in [1.165, 1.54) is 0 Å². The molecule has 0 heterocycles. The molecule has 5 nitrogen and oxygen atoms in total. The number of carbonyl (C=O) groups is 1. The number of rotatable bonds is 4. The summed E-state index contributed by atoms with van der Waals surface area (Å²) in [7, 11) is 3.48. The molecule has 1 rings (SSSR count). The van der Waals surface area contributed by atoms with Crippen molar-refractivity contribution in [2.24, 2.45) is 4.99 Å². The Morgan fingerprint density at radius 2 is 2.00 bits per heavy atom. The molecule has 0 aliphatic rings. The van der Waals surface area contributed by atoms with E-state index in [2.05, 4.69) is 36.9 Å². The molecule has 0 fully saturated rings. The molecule has 0 spiro atoms. The first-order valence-electron chi connectivity index (χ1n) is 5.59. The number of halogens is 2. The normalized spacial score (nSPS) is 10.4. The zero-order valence-corrected chi connectivity index (χ0v) is 14.8. The Morgan fingerprint density at radius 1 is 1.32 bits per heavy atom. The minimum atomic E-state index is -0.0856. The van der Waals surface area contributed by atoms with Gasteiger partial charge in [-0.05, 0) is 18.2 Å². The van der Waals surface area contributed by atoms with Gasteiger partial charge in [0.15, 0.2) is 5.96 Å². The molecule has 19 heavy (non-hydrogen) atoms. The van der Waals surface area contributed by atoms with E-state index in [1.54, 1.807) is 26.2 Å². The molecular weight excluding hydrogens is 423 g/mol. The molecule has 0 radical (unpaired) electrons. The largest absolute Gasteiger partial charge is 0.359 e. The van der Waals surface area contributed by atoms with Crippen molar-refractivity contribution in [2.45, 2.75) is 0 Å². The van der Waals surface area contributed by atoms with Gasteiger partial charge in [-0.1, -0.05) is 22.0 Å². The van der Waals surface area contributed by atoms with Gasteiger partial charge in [0.1, 0.15) is 0 Å². The molecule has 0 unspecified atom stereocenters. The van der Waals surface area contributed by atoms with Crippen molar-refractivity contribution >= 4 is 51.8 Å². The summed E-state index contributed by atoms with van der Waals surface area (Å²) in [6.07, 6.45) is 0. The Bertz CT molecular complexity index is 439. The van der Waals surface area contributed by atoms with Gasteiger partial charge in [-0.3, -0.25) is 9.79 Å². The molecule has 7 heteroatoms. The molecule has 1 amide bonds. The van der Waals surface area contributed by atoms with Crippen molar-refractivity contribution in [3.05, 3.63) is 34.3 Å². The number of guanidine groups is 1. The number of benzene rings is 1. The number of hydrogen-bond donors (Lipinski definition) is 3. The standard InChI is InChI=1S/C12H17BrN4O.HI/c1-14-12(15-2)17-7-6-16-11(18)9-4-3-5-10(13)8-9;/h3-5,8H,6-7H2,1-2H3,(H,16,18)(H2,14,15,17);1H. The van der Waals surface area contributed by atoms with Crippen molar-refractivity contribution in [2.75, 3.05) is 27.2 Å². The number of nitrogens with zero attached hydrogens (tertiary/aromatic N) is 1. The summed E-state index contributed by atoms with van der Waals surface area (Å²) < 4.78 is 0.892. The first-order chi connectivity index (χ1) is 8.67. The second-order valence-corrected chi connectivity index (χ2v) is 4.43. The minimum Gasteiger partial charge on any atom is -0.359 e. The average molecular weight is 441 g/mol. The van der Waals surface area contributed by atoms with E-state index in [0.717, 1.165) is 4.47 Å². The van der Waals surface area contributed by atoms with Crippen LogP contribution in [0.3, 0.4) is 0 Å². The molecule has 1 aromatic rings. The fourth-order valence-electron chi connectivity index (χ4n) is 1.37. The number of amides is 1. The Balaban J connectivity index is 0.00000324. The van der Waals surface area contributed by atoms with Gasteiger partial charge in [-0.25, -0.2) is 0 Å². The van der Waals surface area contributed by atoms with E-state index in [1.807, 2.05) is 12.1 Å². The molecule has 0 aliphatic carbocycles. The summed E-state index contributed by atoms with van der Waals surface area (Å²) in [5, 5.41) is 8.78. The maximum Gasteiger partial charge on any atom is 0.251 e. The van der Waals surface area contributed by atoms with E-state index in [9.17, 15) is 4.79 Å². The van der Waals surface area contributed by atoms with Crippen molar-refractivity contribution < 1.29 is 4.79 Å². The van der Waals surface area contributed by atoms with Crippen molar-refractivity contribution in [3.63, 3.8) is 0 Å². The third-order valence-electron chi connectivity index (χ3n) is 2.25. The molecular formula is C12H18BrIN4O. The highest BCUT2D eigenvalue weighted by molar-refractivity contribution is 14.0. The van der Waals surface area contributed by atoms with Gasteiger partial charge in [0.2, 0.25) is 0 Å². The maximum absolute atomic E-state index is 11.8. The number of aliphatic imine (C=N–C) groups is 1. The lowest BCUT2D eigenvalue weighted by Crippen LogP contribution is -2.39. The SMILES string of the molecule is CN=C(NC)NCCNC(=O)c1cccc(Br)c1.I. The summed E-state index contributed by atoms with van der Waals surface area (Å²) in [6.45, 7) is 1.15. The van der Waals surface area contributed by atoms with Crippen LogP contribution in [0, 0.1) is 0 Å². The van der Waals surface area contributed by atoms with E-state index < -0.39 is 0 Å². The summed E-state index contributed by atoms with van der Waals surface area (Å²) in [6, 6.07) is 7.28. The first-order valence-corrected chi connectivity index (χ1v) is 6.39. The van der Waals surface area contributed by atoms with Crippen LogP contribution >= 0.6 is 39.9 Å². The van der Waals surface area contributed by atoms with Crippen LogP contribution in [-0.4, -0.2) is 39.1 Å².